The Morgan fingerprint density at radius 2 is 1.77 bits per heavy atom. The molecule has 0 amide bonds. The van der Waals surface area contributed by atoms with E-state index in [2.05, 4.69) is 5.32 Å². The number of ether oxygens (including phenoxy) is 1. The summed E-state index contributed by atoms with van der Waals surface area (Å²) in [6.07, 6.45) is -3.31. The summed E-state index contributed by atoms with van der Waals surface area (Å²) in [5.41, 5.74) is -0.499. The smallest absolute Gasteiger partial charge is 0.246 e. The van der Waals surface area contributed by atoms with E-state index in [-0.39, 0.29) is 31.0 Å². The van der Waals surface area contributed by atoms with Crippen molar-refractivity contribution < 1.29 is 40.2 Å². The van der Waals surface area contributed by atoms with E-state index >= 15 is 0 Å². The van der Waals surface area contributed by atoms with Gasteiger partial charge in [-0.05, 0) is 12.1 Å². The number of benzene rings is 2. The lowest BCUT2D eigenvalue weighted by molar-refractivity contribution is 0.105. The summed E-state index contributed by atoms with van der Waals surface area (Å²) in [6, 6.07) is 3.81. The number of hydrogen-bond donors (Lipinski definition) is 2. The van der Waals surface area contributed by atoms with Gasteiger partial charge in [0.15, 0.2) is 23.7 Å². The zero-order valence-electron chi connectivity index (χ0n) is 15.3. The third kappa shape index (κ3) is 4.72. The van der Waals surface area contributed by atoms with Gasteiger partial charge in [-0.25, -0.2) is 30.4 Å². The highest BCUT2D eigenvalue weighted by Crippen LogP contribution is 2.27. The number of alkyl halides is 1. The van der Waals surface area contributed by atoms with Gasteiger partial charge in [-0.3, -0.25) is 0 Å². The molecule has 30 heavy (non-hydrogen) atoms. The van der Waals surface area contributed by atoms with Crippen molar-refractivity contribution >= 4 is 15.7 Å². The molecule has 3 rings (SSSR count). The lowest BCUT2D eigenvalue weighted by atomic mass is 10.2. The lowest BCUT2D eigenvalue weighted by Crippen LogP contribution is -2.37. The van der Waals surface area contributed by atoms with Crippen molar-refractivity contribution in [2.45, 2.75) is 17.3 Å². The molecule has 0 saturated carbocycles. The summed E-state index contributed by atoms with van der Waals surface area (Å²) < 4.78 is 98.9. The molecule has 164 valence electrons. The van der Waals surface area contributed by atoms with Gasteiger partial charge in [-0.1, -0.05) is 6.07 Å². The standard InChI is InChI=1S/C18H17F5N2O4S/c19-11-8-25(3-4-29-9-11)30(27,28)16-5-10(1-2-13(16)20)18(26)24-12-6-14(21)17(23)15(22)7-12/h1-2,5-7,11,18,24,26H,3-4,8-9H2. The van der Waals surface area contributed by atoms with Crippen LogP contribution < -0.4 is 5.32 Å². The first kappa shape index (κ1) is 22.4. The molecule has 12 heteroatoms. The Balaban J connectivity index is 1.89. The fourth-order valence-electron chi connectivity index (χ4n) is 2.87. The van der Waals surface area contributed by atoms with Crippen LogP contribution in [0.5, 0.6) is 0 Å². The Labute approximate surface area is 168 Å². The van der Waals surface area contributed by atoms with Crippen LogP contribution in [0, 0.1) is 23.3 Å². The second-order valence-electron chi connectivity index (χ2n) is 6.53. The zero-order chi connectivity index (χ0) is 22.1. The summed E-state index contributed by atoms with van der Waals surface area (Å²) in [7, 11) is -4.47. The van der Waals surface area contributed by atoms with Crippen LogP contribution >= 0.6 is 0 Å². The van der Waals surface area contributed by atoms with Crippen LogP contribution in [-0.2, 0) is 14.8 Å². The molecule has 0 radical (unpaired) electrons. The fourth-order valence-corrected chi connectivity index (χ4v) is 4.42. The molecule has 1 fully saturated rings. The molecule has 1 saturated heterocycles. The van der Waals surface area contributed by atoms with Crippen LogP contribution in [0.25, 0.3) is 0 Å². The van der Waals surface area contributed by atoms with Crippen molar-refractivity contribution in [3.05, 3.63) is 59.2 Å². The van der Waals surface area contributed by atoms with Gasteiger partial charge >= 0.3 is 0 Å². The minimum atomic E-state index is -4.47. The van der Waals surface area contributed by atoms with Crippen LogP contribution in [0.3, 0.4) is 0 Å². The molecule has 2 atom stereocenters. The Hall–Kier alpha value is -2.28. The molecular weight excluding hydrogens is 435 g/mol. The second-order valence-corrected chi connectivity index (χ2v) is 8.43. The first-order valence-electron chi connectivity index (χ1n) is 8.70. The van der Waals surface area contributed by atoms with E-state index in [9.17, 15) is 35.5 Å². The molecule has 1 aliphatic rings. The highest BCUT2D eigenvalue weighted by molar-refractivity contribution is 7.89. The summed E-state index contributed by atoms with van der Waals surface area (Å²) in [5, 5.41) is 12.5. The fraction of sp³-hybridized carbons (Fsp3) is 0.333. The van der Waals surface area contributed by atoms with Crippen LogP contribution in [-0.4, -0.2) is 50.3 Å². The predicted octanol–water partition coefficient (Wildman–Crippen LogP) is 2.71. The molecule has 1 heterocycles. The van der Waals surface area contributed by atoms with Crippen molar-refractivity contribution in [1.82, 2.24) is 4.31 Å². The Morgan fingerprint density at radius 3 is 2.43 bits per heavy atom. The molecular formula is C18H17F5N2O4S. The highest BCUT2D eigenvalue weighted by Gasteiger charge is 2.32. The van der Waals surface area contributed by atoms with Gasteiger partial charge in [-0.15, -0.1) is 0 Å². The number of nitrogens with zero attached hydrogens (tertiary/aromatic N) is 1. The average Bonchev–Trinajstić information content (AvgIpc) is 2.91. The SMILES string of the molecule is O=S(=O)(c1cc(C(O)Nc2cc(F)c(F)c(F)c2)ccc1F)N1CCOCC(F)C1. The predicted molar refractivity (Wildman–Crippen MR) is 95.8 cm³/mol. The third-order valence-corrected chi connectivity index (χ3v) is 6.24. The van der Waals surface area contributed by atoms with Crippen molar-refractivity contribution in [2.24, 2.45) is 0 Å². The zero-order valence-corrected chi connectivity index (χ0v) is 16.1. The van der Waals surface area contributed by atoms with Gasteiger partial charge in [-0.2, -0.15) is 4.31 Å². The summed E-state index contributed by atoms with van der Waals surface area (Å²) in [5.74, 6) is -5.84. The van der Waals surface area contributed by atoms with E-state index in [1.165, 1.54) is 0 Å². The maximum absolute atomic E-state index is 14.3. The first-order chi connectivity index (χ1) is 14.1. The van der Waals surface area contributed by atoms with E-state index in [4.69, 9.17) is 4.74 Å². The summed E-state index contributed by atoms with van der Waals surface area (Å²) in [6.45, 7) is -1.09. The van der Waals surface area contributed by atoms with Crippen LogP contribution in [0.1, 0.15) is 11.8 Å². The molecule has 0 aliphatic carbocycles. The third-order valence-electron chi connectivity index (χ3n) is 4.36. The number of sulfonamides is 1. The minimum Gasteiger partial charge on any atom is -0.377 e. The van der Waals surface area contributed by atoms with Crippen LogP contribution in [0.4, 0.5) is 27.6 Å². The molecule has 1 aliphatic heterocycles. The van der Waals surface area contributed by atoms with Gasteiger partial charge in [0.05, 0.1) is 13.2 Å². The topological polar surface area (TPSA) is 78.9 Å². The van der Waals surface area contributed by atoms with Gasteiger partial charge in [0.2, 0.25) is 10.0 Å². The molecule has 6 nitrogen and oxygen atoms in total. The average molecular weight is 452 g/mol. The van der Waals surface area contributed by atoms with Gasteiger partial charge < -0.3 is 15.2 Å². The number of aliphatic hydroxyl groups excluding tert-OH is 1. The molecule has 0 aromatic heterocycles. The summed E-state index contributed by atoms with van der Waals surface area (Å²) >= 11 is 0. The van der Waals surface area contributed by atoms with E-state index in [0.29, 0.717) is 12.1 Å². The minimum absolute atomic E-state index is 0.0766. The van der Waals surface area contributed by atoms with Gasteiger partial charge in [0.1, 0.15) is 16.9 Å². The second kappa shape index (κ2) is 8.84. The van der Waals surface area contributed by atoms with E-state index in [1.54, 1.807) is 0 Å². The number of nitrogens with one attached hydrogen (secondary N) is 1. The Kier molecular flexibility index (Phi) is 6.60. The number of hydrogen-bond acceptors (Lipinski definition) is 5. The molecule has 0 bridgehead atoms. The lowest BCUT2D eigenvalue weighted by Gasteiger charge is -2.22. The van der Waals surface area contributed by atoms with Crippen molar-refractivity contribution in [2.75, 3.05) is 31.6 Å². The van der Waals surface area contributed by atoms with Gasteiger partial charge in [0.25, 0.3) is 0 Å². The summed E-state index contributed by atoms with van der Waals surface area (Å²) in [4.78, 5) is -0.814. The normalized spacial score (nSPS) is 19.3. The van der Waals surface area contributed by atoms with Crippen LogP contribution in [0.15, 0.2) is 35.2 Å². The van der Waals surface area contributed by atoms with E-state index in [1.807, 2.05) is 0 Å². The number of anilines is 1. The molecule has 2 aromatic rings. The molecule has 2 aromatic carbocycles. The van der Waals surface area contributed by atoms with Crippen molar-refractivity contribution in [1.29, 1.82) is 0 Å². The first-order valence-corrected chi connectivity index (χ1v) is 10.1. The van der Waals surface area contributed by atoms with Crippen molar-refractivity contribution in [3.63, 3.8) is 0 Å². The van der Waals surface area contributed by atoms with Crippen molar-refractivity contribution in [3.8, 4) is 0 Å². The maximum atomic E-state index is 14.3. The number of rotatable bonds is 5. The maximum Gasteiger partial charge on any atom is 0.246 e. The monoisotopic (exact) mass is 452 g/mol. The largest absolute Gasteiger partial charge is 0.377 e. The quantitative estimate of drug-likeness (QED) is 0.415. The van der Waals surface area contributed by atoms with Crippen LogP contribution in [0.2, 0.25) is 0 Å². The molecule has 2 N–H and O–H groups in total. The Bertz CT molecular complexity index is 1010. The van der Waals surface area contributed by atoms with Gasteiger partial charge in [0, 0.05) is 36.5 Å². The number of halogens is 5. The molecule has 0 spiro atoms. The van der Waals surface area contributed by atoms with E-state index in [0.717, 1.165) is 22.5 Å². The van der Waals surface area contributed by atoms with E-state index < -0.39 is 57.1 Å². The molecule has 2 unspecified atom stereocenters. The Morgan fingerprint density at radius 1 is 1.10 bits per heavy atom. The highest BCUT2D eigenvalue weighted by atomic mass is 32.2. The number of aliphatic hydroxyl groups is 1.